The fraction of sp³-hybridized carbons (Fsp3) is 0.205. The number of carbonyl (C=O) groups is 1. The maximum atomic E-state index is 13.0. The summed E-state index contributed by atoms with van der Waals surface area (Å²) in [5.74, 6) is -2.45. The first-order chi connectivity index (χ1) is 34.0. The Balaban J connectivity index is 0.00000278. The van der Waals surface area contributed by atoms with E-state index >= 15 is 0 Å². The van der Waals surface area contributed by atoms with Crippen molar-refractivity contribution in [1.29, 1.82) is 0 Å². The van der Waals surface area contributed by atoms with Crippen LogP contribution in [0.3, 0.4) is 0 Å². The highest BCUT2D eigenvalue weighted by molar-refractivity contribution is 7.91. The third-order valence-corrected chi connectivity index (χ3v) is 12.7. The van der Waals surface area contributed by atoms with Gasteiger partial charge in [-0.2, -0.15) is 40.6 Å². The number of carboxylic acid groups (broad SMARTS) is 1. The molecule has 73 heavy (non-hydrogen) atoms. The maximum absolute atomic E-state index is 13.0. The minimum Gasteiger partial charge on any atom is -0.494 e. The molecule has 390 valence electrons. The highest BCUT2D eigenvalue weighted by atomic mass is 32.3. The van der Waals surface area contributed by atoms with Gasteiger partial charge in [0.2, 0.25) is 0 Å². The van der Waals surface area contributed by atoms with Gasteiger partial charge in [-0.25, -0.2) is 21.6 Å². The van der Waals surface area contributed by atoms with Crippen molar-refractivity contribution in [2.24, 2.45) is 40.9 Å². The van der Waals surface area contributed by atoms with Crippen LogP contribution in [0.1, 0.15) is 33.5 Å². The molecule has 0 aliphatic heterocycles. The number of hydrogen-bond donors (Lipinski definition) is 6. The number of carboxylic acids is 1. The first kappa shape index (κ1) is 58.2. The number of rotatable bonds is 21. The number of benzene rings is 5. The van der Waals surface area contributed by atoms with E-state index in [0.717, 1.165) is 23.8 Å². The number of nitrogens with zero attached hydrogens (tertiary/aromatic N) is 8. The molecule has 0 aliphatic rings. The van der Waals surface area contributed by atoms with E-state index in [4.69, 9.17) is 37.9 Å². The van der Waals surface area contributed by atoms with Crippen molar-refractivity contribution < 1.29 is 83.0 Å². The van der Waals surface area contributed by atoms with E-state index in [1.54, 1.807) is 31.2 Å². The van der Waals surface area contributed by atoms with Crippen LogP contribution in [0.25, 0.3) is 0 Å². The molecule has 0 radical (unpaired) electrons. The quantitative estimate of drug-likeness (QED) is 0.0180. The zero-order chi connectivity index (χ0) is 54.5. The summed E-state index contributed by atoms with van der Waals surface area (Å²) in [6.07, 6.45) is 0.154. The van der Waals surface area contributed by atoms with Gasteiger partial charge in [-0.05, 0) is 92.4 Å². The van der Waals surface area contributed by atoms with Gasteiger partial charge in [0.05, 0.1) is 59.4 Å². The molecule has 0 heterocycles. The number of hydrogen-bond acceptors (Lipinski definition) is 25. The van der Waals surface area contributed by atoms with Gasteiger partial charge in [0.1, 0.15) is 44.6 Å². The monoisotopic (exact) mass is 1110 g/mol. The van der Waals surface area contributed by atoms with Crippen LogP contribution in [0.5, 0.6) is 5.75 Å². The lowest BCUT2D eigenvalue weighted by Gasteiger charge is -2.13. The van der Waals surface area contributed by atoms with Crippen LogP contribution in [0.2, 0.25) is 0 Å². The largest absolute Gasteiger partial charge is 0.494 e. The Bertz CT molecular complexity index is 3590. The number of ether oxygens (including phenoxy) is 1. The van der Waals surface area contributed by atoms with Crippen LogP contribution in [-0.2, 0) is 66.1 Å². The zero-order valence-electron chi connectivity index (χ0n) is 37.7. The van der Waals surface area contributed by atoms with Crippen molar-refractivity contribution in [3.8, 4) is 5.75 Å². The van der Waals surface area contributed by atoms with Crippen LogP contribution in [-0.4, -0.2) is 97.1 Å². The lowest BCUT2D eigenvalue weighted by atomic mass is 10.1. The number of nitrogens with two attached hydrogens (primary N) is 2. The number of sulfone groups is 1. The fourth-order valence-electron chi connectivity index (χ4n) is 5.85. The molecule has 5 aromatic rings. The number of aryl methyl sites for hydroxylation is 3. The molecule has 34 heteroatoms. The van der Waals surface area contributed by atoms with Gasteiger partial charge < -0.3 is 21.3 Å². The Labute approximate surface area is 417 Å². The number of nitrogen functional groups attached to an aromatic ring is 2. The minimum absolute atomic E-state index is 0.00253. The van der Waals surface area contributed by atoms with Gasteiger partial charge >= 0.3 is 37.4 Å². The standard InChI is InChI=1S/C39H40N10O16S4.O3S/c1-22-6-9-25(10-7-22)43-49-38-34(40)36(47-42-26-11-13-27(14-12-26)66(52,53)18-17-65-69(60,61)62)33(39(50)51)37(35(38)41)48-46-30-19-23(2)29(21-31(30)63-3)45-44-28-15-8-24(20-32(28)67(54,55)56)5-4-16-64-68(57,58)59;1-4(2)3/h6-15,19-21H,4-5,16-18,40-41H2,1-3H3,(H,50,51)(H,54,55,56)(H,57,58,59)(H,60,61,62);. The summed E-state index contributed by atoms with van der Waals surface area (Å²) < 4.78 is 160. The molecule has 0 amide bonds. The van der Waals surface area contributed by atoms with Crippen molar-refractivity contribution in [3.05, 3.63) is 101 Å². The predicted molar refractivity (Wildman–Crippen MR) is 256 cm³/mol. The summed E-state index contributed by atoms with van der Waals surface area (Å²) in [4.78, 5) is 12.1. The van der Waals surface area contributed by atoms with Crippen molar-refractivity contribution >= 4 is 114 Å². The number of anilines is 2. The normalized spacial score (nSPS) is 12.4. The second-order valence-electron chi connectivity index (χ2n) is 14.4. The maximum Gasteiger partial charge on any atom is 0.425 e. The zero-order valence-corrected chi connectivity index (χ0v) is 41.8. The lowest BCUT2D eigenvalue weighted by molar-refractivity contribution is 0.0698. The Hall–Kier alpha value is -7.41. The van der Waals surface area contributed by atoms with E-state index in [1.165, 1.54) is 43.5 Å². The van der Waals surface area contributed by atoms with Gasteiger partial charge in [0, 0.05) is 6.07 Å². The van der Waals surface area contributed by atoms with Gasteiger partial charge in [-0.3, -0.25) is 13.7 Å². The first-order valence-electron chi connectivity index (χ1n) is 19.8. The third kappa shape index (κ3) is 17.7. The van der Waals surface area contributed by atoms with Gasteiger partial charge in [-0.15, -0.1) is 38.2 Å². The molecule has 0 saturated heterocycles. The molecular formula is C39H40N10O19S5. The Morgan fingerprint density at radius 3 is 1.63 bits per heavy atom. The first-order valence-corrected chi connectivity index (χ1v) is 26.7. The van der Waals surface area contributed by atoms with Gasteiger partial charge in [-0.1, -0.05) is 23.8 Å². The number of aromatic carboxylic acids is 1. The Kier molecular flexibility index (Phi) is 19.8. The van der Waals surface area contributed by atoms with E-state index in [-0.39, 0.29) is 51.9 Å². The smallest absolute Gasteiger partial charge is 0.425 e. The summed E-state index contributed by atoms with van der Waals surface area (Å²) in [6.45, 7) is 2.15. The summed E-state index contributed by atoms with van der Waals surface area (Å²) in [6, 6.07) is 18.0. The summed E-state index contributed by atoms with van der Waals surface area (Å²) in [7, 11) is -20.4. The molecule has 0 saturated carbocycles. The van der Waals surface area contributed by atoms with E-state index in [2.05, 4.69) is 49.3 Å². The summed E-state index contributed by atoms with van der Waals surface area (Å²) in [5, 5.41) is 43.5. The van der Waals surface area contributed by atoms with Crippen LogP contribution in [0.4, 0.5) is 56.9 Å². The Morgan fingerprint density at radius 1 is 0.616 bits per heavy atom. The number of azo groups is 4. The molecule has 5 rings (SSSR count). The highest BCUT2D eigenvalue weighted by Crippen LogP contribution is 2.50. The number of methoxy groups -OCH3 is 1. The fourth-order valence-corrected chi connectivity index (χ4v) is 8.34. The van der Waals surface area contributed by atoms with Crippen LogP contribution in [0, 0.1) is 13.8 Å². The molecular weight excluding hydrogens is 1070 g/mol. The van der Waals surface area contributed by atoms with Crippen LogP contribution in [0.15, 0.2) is 130 Å². The molecule has 0 atom stereocenters. The SMILES string of the molecule is COc1cc(N=Nc2ccc(CCCOS(=O)(=O)O)cc2S(=O)(=O)O)c(C)cc1N=Nc1c(N)c(N=Nc2ccc(C)cc2)c(N)c(N=Nc2ccc(S(=O)(=O)CCOS(=O)(=O)O)cc2)c1C(=O)O.O=S(=O)=O. The van der Waals surface area contributed by atoms with E-state index in [1.807, 2.05) is 6.92 Å². The molecule has 29 nitrogen and oxygen atoms in total. The van der Waals surface area contributed by atoms with Gasteiger partial charge in [0.25, 0.3) is 10.1 Å². The topological polar surface area (TPSA) is 464 Å². The molecule has 5 aromatic carbocycles. The average Bonchev–Trinajstić information content (AvgIpc) is 3.28. The van der Waals surface area contributed by atoms with Crippen molar-refractivity contribution in [2.45, 2.75) is 36.5 Å². The molecule has 0 bridgehead atoms. The van der Waals surface area contributed by atoms with Crippen molar-refractivity contribution in [3.63, 3.8) is 0 Å². The third-order valence-electron chi connectivity index (χ3n) is 9.22. The second-order valence-corrected chi connectivity index (χ2v) is 20.5. The molecule has 0 unspecified atom stereocenters. The lowest BCUT2D eigenvalue weighted by Crippen LogP contribution is -2.15. The Morgan fingerprint density at radius 2 is 1.11 bits per heavy atom. The summed E-state index contributed by atoms with van der Waals surface area (Å²) in [5.41, 5.74) is 12.0. The van der Waals surface area contributed by atoms with E-state index in [9.17, 15) is 48.1 Å². The molecule has 8 N–H and O–H groups in total. The molecule has 0 spiro atoms. The van der Waals surface area contributed by atoms with E-state index in [0.29, 0.717) is 16.8 Å². The summed E-state index contributed by atoms with van der Waals surface area (Å²) >= 11 is 0. The van der Waals surface area contributed by atoms with Crippen LogP contribution < -0.4 is 16.2 Å². The second kappa shape index (κ2) is 24.8. The average molecular weight is 1110 g/mol. The van der Waals surface area contributed by atoms with E-state index < -0.39 is 110 Å². The van der Waals surface area contributed by atoms with Crippen molar-refractivity contribution in [1.82, 2.24) is 0 Å². The molecule has 0 aliphatic carbocycles. The highest BCUT2D eigenvalue weighted by Gasteiger charge is 2.27. The molecule has 0 aromatic heterocycles. The van der Waals surface area contributed by atoms with Crippen LogP contribution >= 0.6 is 0 Å². The molecule has 0 fully saturated rings. The minimum atomic E-state index is -4.88. The van der Waals surface area contributed by atoms with Gasteiger partial charge in [0.15, 0.2) is 9.84 Å². The van der Waals surface area contributed by atoms with Crippen molar-refractivity contribution in [2.75, 3.05) is 37.5 Å². The predicted octanol–water partition coefficient (Wildman–Crippen LogP) is 7.42.